The molecule has 0 spiro atoms. The van der Waals surface area contributed by atoms with E-state index in [9.17, 15) is 9.90 Å². The Balaban J connectivity index is 2.02. The molecule has 1 unspecified atom stereocenters. The summed E-state index contributed by atoms with van der Waals surface area (Å²) in [4.78, 5) is 13.7. The Labute approximate surface area is 146 Å². The standard InChI is InChI=1S/C17H25N3O5/c1-17(2,3)24-16(22)18-11(9-21)10-23-15-13-8-12(20(4)5)6-7-14(13)25-19-15/h6-8,11,21H,9-10H2,1-5H3,(H,18,22). The largest absolute Gasteiger partial charge is 0.473 e. The number of anilines is 1. The average Bonchev–Trinajstić information content (AvgIpc) is 2.91. The highest BCUT2D eigenvalue weighted by atomic mass is 16.6. The van der Waals surface area contributed by atoms with Crippen LogP contribution in [0.25, 0.3) is 11.0 Å². The molecule has 0 aliphatic carbocycles. The highest BCUT2D eigenvalue weighted by Crippen LogP contribution is 2.28. The van der Waals surface area contributed by atoms with Crippen molar-refractivity contribution in [2.24, 2.45) is 0 Å². The fourth-order valence-electron chi connectivity index (χ4n) is 2.08. The van der Waals surface area contributed by atoms with Crippen molar-refractivity contribution in [3.63, 3.8) is 0 Å². The third kappa shape index (κ3) is 5.25. The molecule has 2 rings (SSSR count). The van der Waals surface area contributed by atoms with E-state index < -0.39 is 17.7 Å². The van der Waals surface area contributed by atoms with E-state index in [0.29, 0.717) is 11.5 Å². The fourth-order valence-corrected chi connectivity index (χ4v) is 2.08. The quantitative estimate of drug-likeness (QED) is 0.823. The second-order valence-electron chi connectivity index (χ2n) is 6.90. The molecule has 1 amide bonds. The predicted molar refractivity (Wildman–Crippen MR) is 94.1 cm³/mol. The summed E-state index contributed by atoms with van der Waals surface area (Å²) in [5.74, 6) is 0.308. The van der Waals surface area contributed by atoms with Crippen LogP contribution in [0, 0.1) is 0 Å². The SMILES string of the molecule is CN(C)c1ccc2onc(OCC(CO)NC(=O)OC(C)(C)C)c2c1. The molecule has 1 atom stereocenters. The smallest absolute Gasteiger partial charge is 0.408 e. The Bertz CT molecular complexity index is 721. The molecule has 138 valence electrons. The van der Waals surface area contributed by atoms with Crippen LogP contribution < -0.4 is 15.0 Å². The van der Waals surface area contributed by atoms with Crippen LogP contribution in [-0.2, 0) is 4.74 Å². The molecular weight excluding hydrogens is 326 g/mol. The van der Waals surface area contributed by atoms with E-state index in [1.165, 1.54) is 0 Å². The van der Waals surface area contributed by atoms with Gasteiger partial charge in [0.2, 0.25) is 0 Å². The van der Waals surface area contributed by atoms with E-state index in [4.69, 9.17) is 14.0 Å². The fraction of sp³-hybridized carbons (Fsp3) is 0.529. The Morgan fingerprint density at radius 2 is 2.12 bits per heavy atom. The molecule has 0 saturated carbocycles. The molecule has 0 radical (unpaired) electrons. The van der Waals surface area contributed by atoms with Crippen molar-refractivity contribution < 1.29 is 23.9 Å². The molecule has 1 aromatic carbocycles. The van der Waals surface area contributed by atoms with E-state index in [0.717, 1.165) is 11.1 Å². The van der Waals surface area contributed by atoms with Gasteiger partial charge in [0.05, 0.1) is 18.0 Å². The van der Waals surface area contributed by atoms with E-state index in [1.54, 1.807) is 20.8 Å². The van der Waals surface area contributed by atoms with Crippen molar-refractivity contribution in [1.82, 2.24) is 10.5 Å². The molecule has 8 heteroatoms. The molecule has 0 bridgehead atoms. The zero-order chi connectivity index (χ0) is 18.6. The Hall–Kier alpha value is -2.48. The lowest BCUT2D eigenvalue weighted by Gasteiger charge is -2.22. The van der Waals surface area contributed by atoms with Gasteiger partial charge in [-0.3, -0.25) is 0 Å². The lowest BCUT2D eigenvalue weighted by Crippen LogP contribution is -2.44. The molecule has 0 aliphatic rings. The van der Waals surface area contributed by atoms with Gasteiger partial charge >= 0.3 is 6.09 Å². The summed E-state index contributed by atoms with van der Waals surface area (Å²) in [6.07, 6.45) is -0.616. The number of ether oxygens (including phenoxy) is 2. The Morgan fingerprint density at radius 1 is 1.40 bits per heavy atom. The second kappa shape index (κ2) is 7.60. The number of hydrogen-bond donors (Lipinski definition) is 2. The van der Waals surface area contributed by atoms with Gasteiger partial charge in [-0.05, 0) is 44.1 Å². The molecule has 0 aliphatic heterocycles. The molecule has 25 heavy (non-hydrogen) atoms. The maximum Gasteiger partial charge on any atom is 0.408 e. The average molecular weight is 351 g/mol. The zero-order valence-electron chi connectivity index (χ0n) is 15.2. The first-order chi connectivity index (χ1) is 11.7. The van der Waals surface area contributed by atoms with Gasteiger partial charge in [-0.15, -0.1) is 0 Å². The minimum absolute atomic E-state index is 0.0313. The number of nitrogens with one attached hydrogen (secondary N) is 1. The van der Waals surface area contributed by atoms with Gasteiger partial charge in [-0.1, -0.05) is 0 Å². The number of rotatable bonds is 6. The summed E-state index contributed by atoms with van der Waals surface area (Å²) < 4.78 is 16.0. The first kappa shape index (κ1) is 18.9. The molecular formula is C17H25N3O5. The number of benzene rings is 1. The number of carbonyl (C=O) groups is 1. The van der Waals surface area contributed by atoms with Crippen LogP contribution in [0.1, 0.15) is 20.8 Å². The second-order valence-corrected chi connectivity index (χ2v) is 6.90. The minimum atomic E-state index is -0.626. The van der Waals surface area contributed by atoms with Gasteiger partial charge in [-0.2, -0.15) is 0 Å². The minimum Gasteiger partial charge on any atom is -0.473 e. The summed E-state index contributed by atoms with van der Waals surface area (Å²) in [7, 11) is 3.86. The maximum absolute atomic E-state index is 11.8. The molecule has 8 nitrogen and oxygen atoms in total. The summed E-state index contributed by atoms with van der Waals surface area (Å²) >= 11 is 0. The van der Waals surface area contributed by atoms with Crippen molar-refractivity contribution in [1.29, 1.82) is 0 Å². The first-order valence-electron chi connectivity index (χ1n) is 7.99. The number of alkyl carbamates (subject to hydrolysis) is 1. The predicted octanol–water partition coefficient (Wildman–Crippen LogP) is 2.16. The number of amides is 1. The highest BCUT2D eigenvalue weighted by molar-refractivity contribution is 5.85. The van der Waals surface area contributed by atoms with Gasteiger partial charge in [0.1, 0.15) is 12.2 Å². The number of fused-ring (bicyclic) bond motifs is 1. The highest BCUT2D eigenvalue weighted by Gasteiger charge is 2.20. The van der Waals surface area contributed by atoms with Crippen molar-refractivity contribution in [3.8, 4) is 5.88 Å². The number of carbonyl (C=O) groups excluding carboxylic acids is 1. The van der Waals surface area contributed by atoms with Crippen LogP contribution >= 0.6 is 0 Å². The zero-order valence-corrected chi connectivity index (χ0v) is 15.2. The summed E-state index contributed by atoms with van der Waals surface area (Å²) in [5.41, 5.74) is 0.961. The molecule has 2 aromatic rings. The lowest BCUT2D eigenvalue weighted by atomic mass is 10.2. The van der Waals surface area contributed by atoms with Crippen molar-refractivity contribution in [2.45, 2.75) is 32.4 Å². The summed E-state index contributed by atoms with van der Waals surface area (Å²) in [6, 6.07) is 5.00. The van der Waals surface area contributed by atoms with Crippen molar-refractivity contribution in [2.75, 3.05) is 32.2 Å². The van der Waals surface area contributed by atoms with Crippen LogP contribution in [0.15, 0.2) is 22.7 Å². The third-order valence-electron chi connectivity index (χ3n) is 3.30. The van der Waals surface area contributed by atoms with Crippen LogP contribution in [0.2, 0.25) is 0 Å². The van der Waals surface area contributed by atoms with E-state index in [1.807, 2.05) is 37.2 Å². The van der Waals surface area contributed by atoms with Gasteiger partial charge in [0.15, 0.2) is 5.58 Å². The molecule has 1 aromatic heterocycles. The van der Waals surface area contributed by atoms with Gasteiger partial charge < -0.3 is 29.3 Å². The first-order valence-corrected chi connectivity index (χ1v) is 7.99. The topological polar surface area (TPSA) is 97.1 Å². The number of nitrogens with zero attached hydrogens (tertiary/aromatic N) is 2. The summed E-state index contributed by atoms with van der Waals surface area (Å²) in [6.45, 7) is 5.03. The van der Waals surface area contributed by atoms with Gasteiger partial charge in [0, 0.05) is 19.8 Å². The normalized spacial score (nSPS) is 12.7. The van der Waals surface area contributed by atoms with Crippen LogP contribution in [0.4, 0.5) is 10.5 Å². The summed E-state index contributed by atoms with van der Waals surface area (Å²) in [5, 5.41) is 16.6. The van der Waals surface area contributed by atoms with Crippen LogP contribution in [0.5, 0.6) is 5.88 Å². The molecule has 2 N–H and O–H groups in total. The van der Waals surface area contributed by atoms with Crippen molar-refractivity contribution >= 4 is 22.7 Å². The Kier molecular flexibility index (Phi) is 5.73. The van der Waals surface area contributed by atoms with Crippen molar-refractivity contribution in [3.05, 3.63) is 18.2 Å². The van der Waals surface area contributed by atoms with Gasteiger partial charge in [-0.25, -0.2) is 4.79 Å². The van der Waals surface area contributed by atoms with E-state index in [2.05, 4.69) is 10.5 Å². The number of aliphatic hydroxyl groups is 1. The van der Waals surface area contributed by atoms with E-state index >= 15 is 0 Å². The molecule has 1 heterocycles. The number of aliphatic hydroxyl groups excluding tert-OH is 1. The third-order valence-corrected chi connectivity index (χ3v) is 3.30. The van der Waals surface area contributed by atoms with Crippen LogP contribution in [0.3, 0.4) is 0 Å². The lowest BCUT2D eigenvalue weighted by molar-refractivity contribution is 0.0456. The molecule has 0 saturated heterocycles. The number of aromatic nitrogens is 1. The number of hydrogen-bond acceptors (Lipinski definition) is 7. The maximum atomic E-state index is 11.8. The van der Waals surface area contributed by atoms with E-state index in [-0.39, 0.29) is 13.2 Å². The molecule has 0 fully saturated rings. The van der Waals surface area contributed by atoms with Gasteiger partial charge in [0.25, 0.3) is 5.88 Å². The van der Waals surface area contributed by atoms with Crippen LogP contribution in [-0.4, -0.2) is 55.3 Å². The Morgan fingerprint density at radius 3 is 2.72 bits per heavy atom. The monoisotopic (exact) mass is 351 g/mol.